The van der Waals surface area contributed by atoms with Crippen molar-refractivity contribution >= 4 is 51.3 Å². The third-order valence-corrected chi connectivity index (χ3v) is 3.60. The van der Waals surface area contributed by atoms with Gasteiger partial charge in [0.2, 0.25) is 0 Å². The van der Waals surface area contributed by atoms with Crippen LogP contribution in [0, 0.1) is 0 Å². The molecule has 2 aromatic carbocycles. The minimum Gasteiger partial charge on any atom is -0.267 e. The van der Waals surface area contributed by atoms with Crippen LogP contribution in [0.25, 0.3) is 0 Å². The number of hydrogen-bond acceptors (Lipinski definition) is 2. The smallest absolute Gasteiger partial charge is 0.267 e. The standard InChI is InChI=1S/C14H9BrCl2N2O/c15-10-4-1-3-9(7-10)14(20)19-18-8-11-12(16)5-2-6-13(11)17/h1-8H,(H,19,20). The minimum absolute atomic E-state index is 0.314. The molecular formula is C14H9BrCl2N2O. The summed E-state index contributed by atoms with van der Waals surface area (Å²) in [4.78, 5) is 11.8. The summed E-state index contributed by atoms with van der Waals surface area (Å²) in [6.45, 7) is 0. The van der Waals surface area contributed by atoms with Crippen molar-refractivity contribution in [1.82, 2.24) is 5.43 Å². The van der Waals surface area contributed by atoms with E-state index in [4.69, 9.17) is 23.2 Å². The molecule has 0 radical (unpaired) electrons. The van der Waals surface area contributed by atoms with Gasteiger partial charge in [-0.3, -0.25) is 4.79 Å². The molecule has 0 unspecified atom stereocenters. The first-order chi connectivity index (χ1) is 9.58. The number of carbonyl (C=O) groups is 1. The zero-order chi connectivity index (χ0) is 14.5. The van der Waals surface area contributed by atoms with E-state index in [0.717, 1.165) is 4.47 Å². The van der Waals surface area contributed by atoms with E-state index in [1.165, 1.54) is 6.21 Å². The van der Waals surface area contributed by atoms with E-state index in [9.17, 15) is 4.79 Å². The zero-order valence-electron chi connectivity index (χ0n) is 10.1. The van der Waals surface area contributed by atoms with Crippen molar-refractivity contribution in [3.63, 3.8) is 0 Å². The molecule has 0 fully saturated rings. The second kappa shape index (κ2) is 6.88. The minimum atomic E-state index is -0.314. The topological polar surface area (TPSA) is 41.5 Å². The van der Waals surface area contributed by atoms with E-state index in [1.54, 1.807) is 36.4 Å². The molecule has 20 heavy (non-hydrogen) atoms. The Morgan fingerprint density at radius 3 is 2.45 bits per heavy atom. The van der Waals surface area contributed by atoms with Crippen LogP contribution in [0.5, 0.6) is 0 Å². The van der Waals surface area contributed by atoms with Crippen molar-refractivity contribution in [2.75, 3.05) is 0 Å². The molecule has 6 heteroatoms. The molecule has 1 N–H and O–H groups in total. The van der Waals surface area contributed by atoms with Crippen LogP contribution in [0.15, 0.2) is 52.0 Å². The van der Waals surface area contributed by atoms with Gasteiger partial charge in [0.1, 0.15) is 0 Å². The molecule has 2 rings (SSSR count). The summed E-state index contributed by atoms with van der Waals surface area (Å²) in [6, 6.07) is 12.1. The number of benzene rings is 2. The van der Waals surface area contributed by atoms with Gasteiger partial charge in [-0.05, 0) is 30.3 Å². The third kappa shape index (κ3) is 3.82. The average molecular weight is 372 g/mol. The summed E-state index contributed by atoms with van der Waals surface area (Å²) in [7, 11) is 0. The Morgan fingerprint density at radius 2 is 1.80 bits per heavy atom. The van der Waals surface area contributed by atoms with Crippen LogP contribution >= 0.6 is 39.1 Å². The fourth-order valence-corrected chi connectivity index (χ4v) is 2.38. The van der Waals surface area contributed by atoms with Gasteiger partial charge >= 0.3 is 0 Å². The summed E-state index contributed by atoms with van der Waals surface area (Å²) in [5.74, 6) is -0.314. The fourth-order valence-electron chi connectivity index (χ4n) is 1.48. The van der Waals surface area contributed by atoms with Crippen LogP contribution in [-0.4, -0.2) is 12.1 Å². The van der Waals surface area contributed by atoms with Gasteiger partial charge in [-0.25, -0.2) is 5.43 Å². The lowest BCUT2D eigenvalue weighted by Gasteiger charge is -2.02. The highest BCUT2D eigenvalue weighted by atomic mass is 79.9. The first kappa shape index (κ1) is 15.0. The molecule has 1 amide bonds. The normalized spacial score (nSPS) is 10.8. The molecule has 0 aliphatic heterocycles. The highest BCUT2D eigenvalue weighted by Gasteiger charge is 2.05. The van der Waals surface area contributed by atoms with E-state index < -0.39 is 0 Å². The summed E-state index contributed by atoms with van der Waals surface area (Å²) in [6.07, 6.45) is 1.42. The molecule has 3 nitrogen and oxygen atoms in total. The van der Waals surface area contributed by atoms with Crippen LogP contribution in [-0.2, 0) is 0 Å². The predicted octanol–water partition coefficient (Wildman–Crippen LogP) is 4.52. The van der Waals surface area contributed by atoms with Gasteiger partial charge in [0, 0.05) is 15.6 Å². The Morgan fingerprint density at radius 1 is 1.15 bits per heavy atom. The van der Waals surface area contributed by atoms with Crippen molar-refractivity contribution in [2.24, 2.45) is 5.10 Å². The Labute approximate surface area is 134 Å². The van der Waals surface area contributed by atoms with Gasteiger partial charge in [-0.1, -0.05) is 51.3 Å². The molecule has 0 saturated heterocycles. The fraction of sp³-hybridized carbons (Fsp3) is 0. The molecule has 0 heterocycles. The molecular weight excluding hydrogens is 363 g/mol. The van der Waals surface area contributed by atoms with Crippen molar-refractivity contribution in [3.8, 4) is 0 Å². The number of rotatable bonds is 3. The van der Waals surface area contributed by atoms with Gasteiger partial charge in [0.25, 0.3) is 5.91 Å². The van der Waals surface area contributed by atoms with Crippen LogP contribution in [0.4, 0.5) is 0 Å². The number of amides is 1. The maximum Gasteiger partial charge on any atom is 0.271 e. The van der Waals surface area contributed by atoms with E-state index in [2.05, 4.69) is 26.5 Å². The third-order valence-electron chi connectivity index (χ3n) is 2.45. The Hall–Kier alpha value is -1.36. The summed E-state index contributed by atoms with van der Waals surface area (Å²) in [5, 5.41) is 4.80. The van der Waals surface area contributed by atoms with Gasteiger partial charge < -0.3 is 0 Å². The van der Waals surface area contributed by atoms with E-state index >= 15 is 0 Å². The lowest BCUT2D eigenvalue weighted by atomic mass is 10.2. The maximum absolute atomic E-state index is 11.8. The first-order valence-electron chi connectivity index (χ1n) is 5.61. The molecule has 0 aliphatic rings. The Balaban J connectivity index is 2.09. The Bertz CT molecular complexity index is 654. The van der Waals surface area contributed by atoms with Gasteiger partial charge in [-0.15, -0.1) is 0 Å². The number of carbonyl (C=O) groups excluding carboxylic acids is 1. The molecule has 0 aromatic heterocycles. The summed E-state index contributed by atoms with van der Waals surface area (Å²) >= 11 is 15.3. The van der Waals surface area contributed by atoms with E-state index in [0.29, 0.717) is 21.2 Å². The highest BCUT2D eigenvalue weighted by molar-refractivity contribution is 9.10. The number of hydrazone groups is 1. The first-order valence-corrected chi connectivity index (χ1v) is 7.16. The van der Waals surface area contributed by atoms with Crippen molar-refractivity contribution < 1.29 is 4.79 Å². The van der Waals surface area contributed by atoms with Crippen LogP contribution < -0.4 is 5.43 Å². The van der Waals surface area contributed by atoms with E-state index in [1.807, 2.05) is 6.07 Å². The van der Waals surface area contributed by atoms with Gasteiger partial charge in [-0.2, -0.15) is 5.10 Å². The van der Waals surface area contributed by atoms with Crippen molar-refractivity contribution in [1.29, 1.82) is 0 Å². The average Bonchev–Trinajstić information content (AvgIpc) is 2.42. The summed E-state index contributed by atoms with van der Waals surface area (Å²) < 4.78 is 0.822. The maximum atomic E-state index is 11.8. The monoisotopic (exact) mass is 370 g/mol. The SMILES string of the molecule is O=C(NN=Cc1c(Cl)cccc1Cl)c1cccc(Br)c1. The lowest BCUT2D eigenvalue weighted by Crippen LogP contribution is -2.17. The second-order valence-electron chi connectivity index (χ2n) is 3.84. The quantitative estimate of drug-likeness (QED) is 0.625. The van der Waals surface area contributed by atoms with Crippen molar-refractivity contribution in [3.05, 3.63) is 68.1 Å². The largest absolute Gasteiger partial charge is 0.271 e. The number of nitrogens with zero attached hydrogens (tertiary/aromatic N) is 1. The summed E-state index contributed by atoms with van der Waals surface area (Å²) in [5.41, 5.74) is 3.48. The molecule has 0 bridgehead atoms. The molecule has 0 saturated carbocycles. The second-order valence-corrected chi connectivity index (χ2v) is 5.57. The zero-order valence-corrected chi connectivity index (χ0v) is 13.2. The van der Waals surface area contributed by atoms with Crippen LogP contribution in [0.2, 0.25) is 10.0 Å². The molecule has 102 valence electrons. The highest BCUT2D eigenvalue weighted by Crippen LogP contribution is 2.22. The number of hydrogen-bond donors (Lipinski definition) is 1. The van der Waals surface area contributed by atoms with Crippen molar-refractivity contribution in [2.45, 2.75) is 0 Å². The van der Waals surface area contributed by atoms with Crippen LogP contribution in [0.3, 0.4) is 0 Å². The molecule has 0 aliphatic carbocycles. The number of nitrogens with one attached hydrogen (secondary N) is 1. The van der Waals surface area contributed by atoms with Gasteiger partial charge in [0.15, 0.2) is 0 Å². The number of halogens is 3. The molecule has 0 atom stereocenters. The molecule has 0 spiro atoms. The van der Waals surface area contributed by atoms with Crippen LogP contribution in [0.1, 0.15) is 15.9 Å². The van der Waals surface area contributed by atoms with E-state index in [-0.39, 0.29) is 5.91 Å². The lowest BCUT2D eigenvalue weighted by molar-refractivity contribution is 0.0955. The predicted molar refractivity (Wildman–Crippen MR) is 85.7 cm³/mol. The van der Waals surface area contributed by atoms with Gasteiger partial charge in [0.05, 0.1) is 16.3 Å². The Kier molecular flexibility index (Phi) is 5.17. The molecule has 2 aromatic rings.